The third-order valence-electron chi connectivity index (χ3n) is 7.44. The molecule has 5 aromatic rings. The fourth-order valence-corrected chi connectivity index (χ4v) is 7.73. The number of carbonyl (C=O) groups excluding carboxylic acids is 1. The minimum Gasteiger partial charge on any atom is -0.479 e. The normalized spacial score (nSPS) is 14.3. The molecule has 200 valence electrons. The monoisotopic (exact) mass is 549 g/mol. The smallest absolute Gasteiger partial charge is 0.345 e. The lowest BCUT2D eigenvalue weighted by molar-refractivity contribution is -0.163. The molecule has 1 aliphatic carbocycles. The molecule has 1 fully saturated rings. The van der Waals surface area contributed by atoms with Crippen molar-refractivity contribution in [2.75, 3.05) is 6.61 Å². The van der Waals surface area contributed by atoms with E-state index in [-0.39, 0.29) is 12.4 Å². The van der Waals surface area contributed by atoms with Crippen molar-refractivity contribution in [1.29, 1.82) is 0 Å². The lowest BCUT2D eigenvalue weighted by Gasteiger charge is -2.31. The molecule has 6 rings (SSSR count). The fourth-order valence-electron chi connectivity index (χ4n) is 5.63. The number of fused-ring (bicyclic) bond motifs is 1. The molecule has 0 atom stereocenters. The number of rotatable bonds is 8. The molecule has 3 nitrogen and oxygen atoms in total. The summed E-state index contributed by atoms with van der Waals surface area (Å²) in [6, 6.07) is 39.4. The summed E-state index contributed by atoms with van der Waals surface area (Å²) in [7, 11) is -0.475. The Bertz CT molecular complexity index is 1570. The van der Waals surface area contributed by atoms with Crippen molar-refractivity contribution in [3.8, 4) is 5.75 Å². The van der Waals surface area contributed by atoms with Crippen LogP contribution in [0.3, 0.4) is 0 Å². The van der Waals surface area contributed by atoms with Crippen LogP contribution in [-0.2, 0) is 26.0 Å². The van der Waals surface area contributed by atoms with E-state index in [4.69, 9.17) is 9.47 Å². The van der Waals surface area contributed by atoms with E-state index in [1.807, 2.05) is 60.7 Å². The van der Waals surface area contributed by atoms with Crippen molar-refractivity contribution < 1.29 is 18.7 Å². The van der Waals surface area contributed by atoms with Crippen molar-refractivity contribution in [2.45, 2.75) is 46.0 Å². The Balaban J connectivity index is 1.20. The zero-order valence-corrected chi connectivity index (χ0v) is 22.9. The second-order valence-corrected chi connectivity index (χ2v) is 12.0. The first-order valence-electron chi connectivity index (χ1n) is 13.6. The predicted octanol–water partition coefficient (Wildman–Crippen LogP) is 8.47. The van der Waals surface area contributed by atoms with Gasteiger partial charge < -0.3 is 9.47 Å². The molecule has 0 aromatic heterocycles. The van der Waals surface area contributed by atoms with Crippen molar-refractivity contribution in [1.82, 2.24) is 0 Å². The van der Waals surface area contributed by atoms with Gasteiger partial charge in [0.25, 0.3) is 0 Å². The molecule has 5 heteroatoms. The topological polar surface area (TPSA) is 35.5 Å². The Morgan fingerprint density at radius 2 is 1.35 bits per heavy atom. The summed E-state index contributed by atoms with van der Waals surface area (Å²) in [5.41, 5.74) is 0.338. The maximum Gasteiger partial charge on any atom is 0.345 e. The third kappa shape index (κ3) is 5.34. The van der Waals surface area contributed by atoms with Crippen molar-refractivity contribution in [3.63, 3.8) is 0 Å². The van der Waals surface area contributed by atoms with Crippen molar-refractivity contribution in [2.24, 2.45) is 0 Å². The highest BCUT2D eigenvalue weighted by atomic mass is 32.2. The van der Waals surface area contributed by atoms with Crippen LogP contribution in [0.4, 0.5) is 4.39 Å². The first-order valence-corrected chi connectivity index (χ1v) is 14.8. The average molecular weight is 550 g/mol. The number of benzene rings is 5. The van der Waals surface area contributed by atoms with Gasteiger partial charge in [-0.15, -0.1) is 0 Å². The predicted molar refractivity (Wildman–Crippen MR) is 157 cm³/mol. The standard InChI is InChI=1S/C35H30FO3S/c36-32-24-29(40(27-14-3-1-4-15-27)28-16-5-2-6-17-28)20-21-33(32)38-25-34(37)39-35(22-9-10-23-35)31-19-11-13-26-12-7-8-18-30(26)31/h1-8,11-21,24H,9-10,22-23,25H2/q+1. The Hall–Kier alpha value is -4.09. The van der Waals surface area contributed by atoms with Crippen LogP contribution < -0.4 is 4.74 Å². The van der Waals surface area contributed by atoms with Gasteiger partial charge in [-0.3, -0.25) is 0 Å². The molecule has 0 saturated heterocycles. The number of halogens is 1. The highest BCUT2D eigenvalue weighted by molar-refractivity contribution is 7.97. The van der Waals surface area contributed by atoms with Crippen LogP contribution in [0.15, 0.2) is 136 Å². The molecule has 0 radical (unpaired) electrons. The number of carbonyl (C=O) groups is 1. The molecule has 0 bridgehead atoms. The van der Waals surface area contributed by atoms with Crippen LogP contribution >= 0.6 is 0 Å². The molecule has 0 heterocycles. The van der Waals surface area contributed by atoms with E-state index in [2.05, 4.69) is 48.5 Å². The molecule has 0 unspecified atom stereocenters. The number of ether oxygens (including phenoxy) is 2. The van der Waals surface area contributed by atoms with Crippen LogP contribution in [0.2, 0.25) is 0 Å². The van der Waals surface area contributed by atoms with E-state index < -0.39 is 28.3 Å². The molecule has 0 amide bonds. The van der Waals surface area contributed by atoms with Gasteiger partial charge in [-0.1, -0.05) is 78.9 Å². The van der Waals surface area contributed by atoms with E-state index in [1.165, 1.54) is 6.07 Å². The SMILES string of the molecule is O=C(COc1ccc([S+](c2ccccc2)c2ccccc2)cc1F)OC1(c2cccc3ccccc23)CCCC1. The molecule has 0 spiro atoms. The van der Waals surface area contributed by atoms with E-state index >= 15 is 4.39 Å². The van der Waals surface area contributed by atoms with Gasteiger partial charge in [-0.05, 0) is 72.9 Å². The van der Waals surface area contributed by atoms with Gasteiger partial charge in [0.15, 0.2) is 32.9 Å². The van der Waals surface area contributed by atoms with Gasteiger partial charge in [-0.2, -0.15) is 0 Å². The van der Waals surface area contributed by atoms with Crippen LogP contribution in [0.5, 0.6) is 5.75 Å². The Morgan fingerprint density at radius 1 is 0.725 bits per heavy atom. The summed E-state index contributed by atoms with van der Waals surface area (Å²) >= 11 is 0. The van der Waals surface area contributed by atoms with Gasteiger partial charge in [0.05, 0.1) is 10.9 Å². The lowest BCUT2D eigenvalue weighted by atomic mass is 9.87. The average Bonchev–Trinajstić information content (AvgIpc) is 3.47. The summed E-state index contributed by atoms with van der Waals surface area (Å²) in [5, 5.41) is 2.21. The summed E-state index contributed by atoms with van der Waals surface area (Å²) < 4.78 is 27.2. The molecule has 0 aliphatic heterocycles. The van der Waals surface area contributed by atoms with Gasteiger partial charge in [-0.25, -0.2) is 9.18 Å². The minimum absolute atomic E-state index is 0.0380. The van der Waals surface area contributed by atoms with E-state index in [1.54, 1.807) is 6.07 Å². The Morgan fingerprint density at radius 3 is 2.02 bits per heavy atom. The highest BCUT2D eigenvalue weighted by Crippen LogP contribution is 2.45. The van der Waals surface area contributed by atoms with Crippen LogP contribution in [0, 0.1) is 5.82 Å². The van der Waals surface area contributed by atoms with Crippen LogP contribution in [0.25, 0.3) is 10.8 Å². The number of esters is 1. The van der Waals surface area contributed by atoms with Gasteiger partial charge >= 0.3 is 5.97 Å². The van der Waals surface area contributed by atoms with Gasteiger partial charge in [0.1, 0.15) is 5.60 Å². The molecule has 1 aliphatic rings. The summed E-state index contributed by atoms with van der Waals surface area (Å²) in [6.45, 7) is -0.355. The molecular weight excluding hydrogens is 519 g/mol. The summed E-state index contributed by atoms with van der Waals surface area (Å²) in [6.07, 6.45) is 3.49. The maximum atomic E-state index is 15.3. The molecule has 0 N–H and O–H groups in total. The fraction of sp³-hybridized carbons (Fsp3) is 0.171. The summed E-state index contributed by atoms with van der Waals surface area (Å²) in [4.78, 5) is 16.1. The zero-order chi connectivity index (χ0) is 27.4. The van der Waals surface area contributed by atoms with E-state index in [0.29, 0.717) is 0 Å². The Kier molecular flexibility index (Phi) is 7.56. The molecule has 40 heavy (non-hydrogen) atoms. The maximum absolute atomic E-state index is 15.3. The second-order valence-electron chi connectivity index (χ2n) is 10.0. The summed E-state index contributed by atoms with van der Waals surface area (Å²) in [5.74, 6) is -0.957. The first-order chi connectivity index (χ1) is 19.6. The van der Waals surface area contributed by atoms with Crippen LogP contribution in [0.1, 0.15) is 31.2 Å². The van der Waals surface area contributed by atoms with E-state index in [0.717, 1.165) is 56.7 Å². The van der Waals surface area contributed by atoms with Crippen molar-refractivity contribution >= 4 is 27.6 Å². The Labute approximate surface area is 236 Å². The number of hydrogen-bond donors (Lipinski definition) is 0. The van der Waals surface area contributed by atoms with Crippen LogP contribution in [-0.4, -0.2) is 12.6 Å². The van der Waals surface area contributed by atoms with Gasteiger partial charge in [0.2, 0.25) is 0 Å². The molecule has 1 saturated carbocycles. The minimum atomic E-state index is -0.691. The quantitative estimate of drug-likeness (QED) is 0.144. The second kappa shape index (κ2) is 11.6. The van der Waals surface area contributed by atoms with Gasteiger partial charge in [0, 0.05) is 11.6 Å². The first kappa shape index (κ1) is 26.1. The third-order valence-corrected chi connectivity index (χ3v) is 9.66. The zero-order valence-electron chi connectivity index (χ0n) is 22.1. The lowest BCUT2D eigenvalue weighted by Crippen LogP contribution is -2.32. The molecular formula is C35H30FO3S+. The molecule has 5 aromatic carbocycles. The van der Waals surface area contributed by atoms with E-state index in [9.17, 15) is 4.79 Å². The highest BCUT2D eigenvalue weighted by Gasteiger charge is 2.40. The van der Waals surface area contributed by atoms with Crippen molar-refractivity contribution in [3.05, 3.63) is 133 Å². The largest absolute Gasteiger partial charge is 0.479 e. The number of hydrogen-bond acceptors (Lipinski definition) is 3.